The molecule has 0 aliphatic rings. The Morgan fingerprint density at radius 1 is 0.903 bits per heavy atom. The summed E-state index contributed by atoms with van der Waals surface area (Å²) in [6.45, 7) is 2.54. The Hall–Kier alpha value is -3.51. The van der Waals surface area contributed by atoms with Gasteiger partial charge in [-0.1, -0.05) is 53.7 Å². The summed E-state index contributed by atoms with van der Waals surface area (Å²) in [7, 11) is 0. The van der Waals surface area contributed by atoms with Crippen LogP contribution in [0.25, 0.3) is 11.3 Å². The molecule has 4 aromatic rings. The molecular formula is C25H22N4OS. The lowest BCUT2D eigenvalue weighted by Gasteiger charge is -2.07. The summed E-state index contributed by atoms with van der Waals surface area (Å²) in [5.41, 5.74) is 5.86. The Bertz CT molecular complexity index is 1150. The summed E-state index contributed by atoms with van der Waals surface area (Å²) in [6.07, 6.45) is 3.44. The Balaban J connectivity index is 1.34. The van der Waals surface area contributed by atoms with Crippen molar-refractivity contribution in [3.8, 4) is 11.3 Å². The minimum absolute atomic E-state index is 0.0918. The molecular weight excluding hydrogens is 404 g/mol. The standard InChI is InChI=1S/C25H22N4OS/c1-18-5-7-21(8-6-18)23-9-10-24(29-28-23)31-17-20-3-2-4-22(15-20)25(30)27-16-19-11-13-26-14-12-19/h2-15H,16-17H2,1H3,(H,27,30). The Kier molecular flexibility index (Phi) is 6.69. The van der Waals surface area contributed by atoms with Crippen LogP contribution in [0.4, 0.5) is 0 Å². The summed E-state index contributed by atoms with van der Waals surface area (Å²) in [5, 5.41) is 12.5. The number of aryl methyl sites for hydroxylation is 1. The van der Waals surface area contributed by atoms with Gasteiger partial charge < -0.3 is 5.32 Å². The molecule has 0 unspecified atom stereocenters. The number of thioether (sulfide) groups is 1. The summed E-state index contributed by atoms with van der Waals surface area (Å²) in [4.78, 5) is 16.5. The number of hydrogen-bond acceptors (Lipinski definition) is 5. The molecule has 0 bridgehead atoms. The third-order valence-electron chi connectivity index (χ3n) is 4.77. The lowest BCUT2D eigenvalue weighted by Crippen LogP contribution is -2.22. The van der Waals surface area contributed by atoms with E-state index in [4.69, 9.17) is 0 Å². The van der Waals surface area contributed by atoms with Gasteiger partial charge >= 0.3 is 0 Å². The van der Waals surface area contributed by atoms with Crippen LogP contribution >= 0.6 is 11.8 Å². The maximum atomic E-state index is 12.5. The predicted molar refractivity (Wildman–Crippen MR) is 124 cm³/mol. The SMILES string of the molecule is Cc1ccc(-c2ccc(SCc3cccc(C(=O)NCc4ccncc4)c3)nn2)cc1. The molecule has 0 saturated heterocycles. The second-order valence-electron chi connectivity index (χ2n) is 7.15. The zero-order valence-electron chi connectivity index (χ0n) is 17.2. The smallest absolute Gasteiger partial charge is 0.251 e. The third kappa shape index (κ3) is 5.77. The van der Waals surface area contributed by atoms with E-state index in [0.717, 1.165) is 27.4 Å². The van der Waals surface area contributed by atoms with Crippen LogP contribution in [0.3, 0.4) is 0 Å². The highest BCUT2D eigenvalue weighted by atomic mass is 32.2. The molecule has 1 amide bonds. The molecule has 31 heavy (non-hydrogen) atoms. The first-order valence-electron chi connectivity index (χ1n) is 9.97. The van der Waals surface area contributed by atoms with Crippen LogP contribution in [0.15, 0.2) is 90.2 Å². The van der Waals surface area contributed by atoms with Gasteiger partial charge in [0.05, 0.1) is 5.69 Å². The Morgan fingerprint density at radius 3 is 2.45 bits per heavy atom. The van der Waals surface area contributed by atoms with E-state index in [1.54, 1.807) is 24.2 Å². The molecule has 6 heteroatoms. The molecule has 0 spiro atoms. The maximum absolute atomic E-state index is 12.5. The van der Waals surface area contributed by atoms with Crippen LogP contribution in [-0.4, -0.2) is 21.1 Å². The number of hydrogen-bond donors (Lipinski definition) is 1. The molecule has 0 aliphatic carbocycles. The van der Waals surface area contributed by atoms with Crippen molar-refractivity contribution in [2.24, 2.45) is 0 Å². The minimum Gasteiger partial charge on any atom is -0.348 e. The Morgan fingerprint density at radius 2 is 1.71 bits per heavy atom. The van der Waals surface area contributed by atoms with Crippen LogP contribution in [0.5, 0.6) is 0 Å². The molecule has 0 aliphatic heterocycles. The van der Waals surface area contributed by atoms with Gasteiger partial charge in [0.2, 0.25) is 0 Å². The van der Waals surface area contributed by atoms with Crippen molar-refractivity contribution >= 4 is 17.7 Å². The topological polar surface area (TPSA) is 67.8 Å². The largest absolute Gasteiger partial charge is 0.348 e. The van der Waals surface area contributed by atoms with Crippen LogP contribution in [0, 0.1) is 6.92 Å². The van der Waals surface area contributed by atoms with Gasteiger partial charge in [-0.15, -0.1) is 10.2 Å². The number of pyridine rings is 1. The molecule has 1 N–H and O–H groups in total. The monoisotopic (exact) mass is 426 g/mol. The van der Waals surface area contributed by atoms with Gasteiger partial charge in [0.15, 0.2) is 0 Å². The average Bonchev–Trinajstić information content (AvgIpc) is 2.83. The van der Waals surface area contributed by atoms with E-state index >= 15 is 0 Å². The number of carbonyl (C=O) groups is 1. The van der Waals surface area contributed by atoms with Gasteiger partial charge in [0.1, 0.15) is 5.03 Å². The highest BCUT2D eigenvalue weighted by molar-refractivity contribution is 7.98. The van der Waals surface area contributed by atoms with Gasteiger partial charge in [-0.25, -0.2) is 0 Å². The number of nitrogens with zero attached hydrogens (tertiary/aromatic N) is 3. The summed E-state index contributed by atoms with van der Waals surface area (Å²) >= 11 is 1.60. The van der Waals surface area contributed by atoms with E-state index in [1.807, 2.05) is 48.5 Å². The zero-order chi connectivity index (χ0) is 21.5. The molecule has 0 saturated carbocycles. The van der Waals surface area contributed by atoms with E-state index in [0.29, 0.717) is 17.9 Å². The number of benzene rings is 2. The minimum atomic E-state index is -0.0918. The van der Waals surface area contributed by atoms with E-state index in [-0.39, 0.29) is 5.91 Å². The van der Waals surface area contributed by atoms with Crippen molar-refractivity contribution in [2.75, 3.05) is 0 Å². The maximum Gasteiger partial charge on any atom is 0.251 e. The second-order valence-corrected chi connectivity index (χ2v) is 8.15. The summed E-state index contributed by atoms with van der Waals surface area (Å²) < 4.78 is 0. The van der Waals surface area contributed by atoms with E-state index in [9.17, 15) is 4.79 Å². The first-order chi connectivity index (χ1) is 15.2. The quantitative estimate of drug-likeness (QED) is 0.418. The lowest BCUT2D eigenvalue weighted by atomic mass is 10.1. The molecule has 2 aromatic heterocycles. The number of aromatic nitrogens is 3. The van der Waals surface area contributed by atoms with Crippen molar-refractivity contribution in [3.63, 3.8) is 0 Å². The fourth-order valence-electron chi connectivity index (χ4n) is 3.02. The molecule has 5 nitrogen and oxygen atoms in total. The molecule has 2 aromatic carbocycles. The summed E-state index contributed by atoms with van der Waals surface area (Å²) in [5.74, 6) is 0.621. The van der Waals surface area contributed by atoms with Crippen molar-refractivity contribution in [1.29, 1.82) is 0 Å². The van der Waals surface area contributed by atoms with Crippen molar-refractivity contribution in [2.45, 2.75) is 24.2 Å². The molecule has 0 fully saturated rings. The van der Waals surface area contributed by atoms with Crippen LogP contribution < -0.4 is 5.32 Å². The van der Waals surface area contributed by atoms with E-state index in [2.05, 4.69) is 51.7 Å². The molecule has 2 heterocycles. The van der Waals surface area contributed by atoms with Gasteiger partial charge in [-0.3, -0.25) is 9.78 Å². The highest BCUT2D eigenvalue weighted by Gasteiger charge is 2.07. The van der Waals surface area contributed by atoms with Gasteiger partial charge in [0, 0.05) is 35.8 Å². The number of amides is 1. The van der Waals surface area contributed by atoms with Crippen molar-refractivity contribution < 1.29 is 4.79 Å². The molecule has 4 rings (SSSR count). The van der Waals surface area contributed by atoms with Gasteiger partial charge in [0.25, 0.3) is 5.91 Å². The normalized spacial score (nSPS) is 10.6. The fraction of sp³-hybridized carbons (Fsp3) is 0.120. The fourth-order valence-corrected chi connectivity index (χ4v) is 3.78. The average molecular weight is 427 g/mol. The highest BCUT2D eigenvalue weighted by Crippen LogP contribution is 2.23. The molecule has 154 valence electrons. The van der Waals surface area contributed by atoms with Gasteiger partial charge in [-0.2, -0.15) is 0 Å². The number of nitrogens with one attached hydrogen (secondary N) is 1. The van der Waals surface area contributed by atoms with Crippen molar-refractivity contribution in [1.82, 2.24) is 20.5 Å². The van der Waals surface area contributed by atoms with Crippen LogP contribution in [0.1, 0.15) is 27.0 Å². The van der Waals surface area contributed by atoms with Gasteiger partial charge in [-0.05, 0) is 54.4 Å². The van der Waals surface area contributed by atoms with E-state index < -0.39 is 0 Å². The molecule has 0 atom stereocenters. The Labute approximate surface area is 186 Å². The summed E-state index contributed by atoms with van der Waals surface area (Å²) in [6, 6.07) is 23.7. The van der Waals surface area contributed by atoms with E-state index in [1.165, 1.54) is 5.56 Å². The van der Waals surface area contributed by atoms with Crippen LogP contribution in [-0.2, 0) is 12.3 Å². The predicted octanol–water partition coefficient (Wildman–Crippen LogP) is 5.07. The second kappa shape index (κ2) is 10.00. The number of rotatable bonds is 7. The number of carbonyl (C=O) groups excluding carboxylic acids is 1. The zero-order valence-corrected chi connectivity index (χ0v) is 18.0. The lowest BCUT2D eigenvalue weighted by molar-refractivity contribution is 0.0951. The first kappa shape index (κ1) is 20.8. The first-order valence-corrected chi connectivity index (χ1v) is 11.0. The third-order valence-corrected chi connectivity index (χ3v) is 5.76. The van der Waals surface area contributed by atoms with Crippen LogP contribution in [0.2, 0.25) is 0 Å². The molecule has 0 radical (unpaired) electrons. The van der Waals surface area contributed by atoms with Crippen molar-refractivity contribution in [3.05, 3.63) is 107 Å².